The van der Waals surface area contributed by atoms with Gasteiger partial charge < -0.3 is 16.0 Å². The Morgan fingerprint density at radius 2 is 1.94 bits per heavy atom. The van der Waals surface area contributed by atoms with E-state index in [4.69, 9.17) is 5.73 Å². The molecule has 0 radical (unpaired) electrons. The van der Waals surface area contributed by atoms with Crippen molar-refractivity contribution in [2.45, 2.75) is 46.1 Å². The summed E-state index contributed by atoms with van der Waals surface area (Å²) in [7, 11) is 0. The molecule has 1 rings (SSSR count). The molecule has 0 aromatic heterocycles. The van der Waals surface area contributed by atoms with E-state index in [1.165, 1.54) is 12.8 Å². The van der Waals surface area contributed by atoms with Crippen LogP contribution in [-0.4, -0.2) is 42.6 Å². The van der Waals surface area contributed by atoms with Crippen LogP contribution in [0.2, 0.25) is 0 Å². The van der Waals surface area contributed by atoms with Gasteiger partial charge in [-0.15, -0.1) is 0 Å². The Labute approximate surface area is 106 Å². The lowest BCUT2D eigenvalue weighted by atomic mass is 10.00. The van der Waals surface area contributed by atoms with E-state index in [0.29, 0.717) is 5.96 Å². The van der Waals surface area contributed by atoms with Crippen molar-refractivity contribution in [2.75, 3.05) is 26.2 Å². The summed E-state index contributed by atoms with van der Waals surface area (Å²) in [5.74, 6) is 1.55. The minimum atomic E-state index is 0.158. The van der Waals surface area contributed by atoms with Crippen LogP contribution in [-0.2, 0) is 0 Å². The molecule has 1 aliphatic rings. The maximum absolute atomic E-state index is 5.99. The maximum atomic E-state index is 5.99. The molecule has 0 bridgehead atoms. The van der Waals surface area contributed by atoms with Crippen LogP contribution in [0, 0.1) is 5.92 Å². The molecule has 0 aromatic carbocycles. The van der Waals surface area contributed by atoms with Gasteiger partial charge in [0.15, 0.2) is 5.96 Å². The average Bonchev–Trinajstić information content (AvgIpc) is 2.24. The molecule has 0 aliphatic carbocycles. The molecule has 4 heteroatoms. The van der Waals surface area contributed by atoms with E-state index in [9.17, 15) is 0 Å². The summed E-state index contributed by atoms with van der Waals surface area (Å²) in [6, 6.07) is 0. The van der Waals surface area contributed by atoms with Crippen LogP contribution in [0.4, 0.5) is 0 Å². The summed E-state index contributed by atoms with van der Waals surface area (Å²) in [6.45, 7) is 12.5. The smallest absolute Gasteiger partial charge is 0.191 e. The quantitative estimate of drug-likeness (QED) is 0.446. The second-order valence-corrected chi connectivity index (χ2v) is 6.09. The normalized spacial score (nSPS) is 19.8. The Bertz CT molecular complexity index is 247. The van der Waals surface area contributed by atoms with Crippen molar-refractivity contribution in [2.24, 2.45) is 16.6 Å². The number of hydrogen-bond acceptors (Lipinski definition) is 2. The van der Waals surface area contributed by atoms with Crippen molar-refractivity contribution in [3.05, 3.63) is 0 Å². The monoisotopic (exact) mass is 240 g/mol. The Morgan fingerprint density at radius 1 is 1.35 bits per heavy atom. The summed E-state index contributed by atoms with van der Waals surface area (Å²) < 4.78 is 0. The average molecular weight is 240 g/mol. The Kier molecular flexibility index (Phi) is 5.25. The highest BCUT2D eigenvalue weighted by Gasteiger charge is 2.16. The van der Waals surface area contributed by atoms with Crippen LogP contribution >= 0.6 is 0 Å². The van der Waals surface area contributed by atoms with Gasteiger partial charge in [-0.3, -0.25) is 4.99 Å². The van der Waals surface area contributed by atoms with Crippen LogP contribution in [0.25, 0.3) is 0 Å². The fourth-order valence-corrected chi connectivity index (χ4v) is 1.94. The zero-order chi connectivity index (χ0) is 12.9. The van der Waals surface area contributed by atoms with E-state index in [-0.39, 0.29) is 5.54 Å². The van der Waals surface area contributed by atoms with Gasteiger partial charge in [-0.05, 0) is 39.5 Å². The van der Waals surface area contributed by atoms with Gasteiger partial charge in [-0.1, -0.05) is 6.92 Å². The van der Waals surface area contributed by atoms with E-state index in [0.717, 1.165) is 32.1 Å². The number of nitrogens with zero attached hydrogens (tertiary/aromatic N) is 2. The molecule has 0 unspecified atom stereocenters. The van der Waals surface area contributed by atoms with Crippen molar-refractivity contribution in [1.29, 1.82) is 0 Å². The van der Waals surface area contributed by atoms with Crippen LogP contribution in [0.5, 0.6) is 0 Å². The number of hydrogen-bond donors (Lipinski definition) is 2. The lowest BCUT2D eigenvalue weighted by Gasteiger charge is -2.31. The maximum Gasteiger partial charge on any atom is 0.191 e. The highest BCUT2D eigenvalue weighted by atomic mass is 15.3. The Morgan fingerprint density at radius 3 is 2.47 bits per heavy atom. The molecule has 1 saturated heterocycles. The molecule has 0 amide bonds. The number of piperidine rings is 1. The minimum Gasteiger partial charge on any atom is -0.370 e. The van der Waals surface area contributed by atoms with Crippen molar-refractivity contribution in [1.82, 2.24) is 10.2 Å². The summed E-state index contributed by atoms with van der Waals surface area (Å²) >= 11 is 0. The molecule has 3 N–H and O–H groups in total. The second kappa shape index (κ2) is 6.24. The van der Waals surface area contributed by atoms with Crippen molar-refractivity contribution in [3.8, 4) is 0 Å². The van der Waals surface area contributed by atoms with Gasteiger partial charge in [-0.2, -0.15) is 0 Å². The van der Waals surface area contributed by atoms with Crippen LogP contribution < -0.4 is 11.1 Å². The SMILES string of the molecule is CC1CCN(C(N)=NCCNC(C)(C)C)CC1. The highest BCUT2D eigenvalue weighted by molar-refractivity contribution is 5.78. The van der Waals surface area contributed by atoms with Gasteiger partial charge in [0.05, 0.1) is 6.54 Å². The second-order valence-electron chi connectivity index (χ2n) is 6.09. The summed E-state index contributed by atoms with van der Waals surface area (Å²) in [4.78, 5) is 6.64. The first-order valence-electron chi connectivity index (χ1n) is 6.68. The van der Waals surface area contributed by atoms with E-state index in [2.05, 4.69) is 42.9 Å². The molecule has 0 atom stereocenters. The van der Waals surface area contributed by atoms with Crippen molar-refractivity contribution < 1.29 is 0 Å². The predicted octanol–water partition coefficient (Wildman–Crippen LogP) is 1.42. The molecule has 4 nitrogen and oxygen atoms in total. The first kappa shape index (κ1) is 14.3. The molecule has 1 heterocycles. The molecule has 1 aliphatic heterocycles. The molecule has 1 fully saturated rings. The van der Waals surface area contributed by atoms with Gasteiger partial charge in [0.2, 0.25) is 0 Å². The molecule has 0 saturated carbocycles. The van der Waals surface area contributed by atoms with Gasteiger partial charge in [0, 0.05) is 25.2 Å². The standard InChI is InChI=1S/C13H28N4/c1-11-5-9-17(10-6-11)12(14)15-7-8-16-13(2,3)4/h11,16H,5-10H2,1-4H3,(H2,14,15). The molecular weight excluding hydrogens is 212 g/mol. The van der Waals surface area contributed by atoms with Gasteiger partial charge in [-0.25, -0.2) is 0 Å². The molecule has 17 heavy (non-hydrogen) atoms. The fraction of sp³-hybridized carbons (Fsp3) is 0.923. The van der Waals surface area contributed by atoms with Crippen LogP contribution in [0.3, 0.4) is 0 Å². The number of aliphatic imine (C=N–C) groups is 1. The zero-order valence-electron chi connectivity index (χ0n) is 11.8. The van der Waals surface area contributed by atoms with E-state index in [1.54, 1.807) is 0 Å². The zero-order valence-corrected chi connectivity index (χ0v) is 11.8. The number of nitrogens with two attached hydrogens (primary N) is 1. The molecule has 0 aromatic rings. The predicted molar refractivity (Wildman–Crippen MR) is 74.2 cm³/mol. The third kappa shape index (κ3) is 5.91. The minimum absolute atomic E-state index is 0.158. The fourth-order valence-electron chi connectivity index (χ4n) is 1.94. The molecule has 100 valence electrons. The largest absolute Gasteiger partial charge is 0.370 e. The lowest BCUT2D eigenvalue weighted by molar-refractivity contribution is 0.277. The van der Waals surface area contributed by atoms with Gasteiger partial charge in [0.25, 0.3) is 0 Å². The van der Waals surface area contributed by atoms with Crippen LogP contribution in [0.15, 0.2) is 4.99 Å². The van der Waals surface area contributed by atoms with E-state index < -0.39 is 0 Å². The number of nitrogens with one attached hydrogen (secondary N) is 1. The van der Waals surface area contributed by atoms with Gasteiger partial charge >= 0.3 is 0 Å². The molecular formula is C13H28N4. The first-order valence-corrected chi connectivity index (χ1v) is 6.68. The number of guanidine groups is 1. The third-order valence-electron chi connectivity index (χ3n) is 3.15. The number of likely N-dealkylation sites (tertiary alicyclic amines) is 1. The molecule has 0 spiro atoms. The van der Waals surface area contributed by atoms with Crippen LogP contribution in [0.1, 0.15) is 40.5 Å². The Hall–Kier alpha value is -0.770. The van der Waals surface area contributed by atoms with Crippen molar-refractivity contribution in [3.63, 3.8) is 0 Å². The van der Waals surface area contributed by atoms with E-state index >= 15 is 0 Å². The summed E-state index contributed by atoms with van der Waals surface area (Å²) in [6.07, 6.45) is 2.47. The lowest BCUT2D eigenvalue weighted by Crippen LogP contribution is -2.43. The number of rotatable bonds is 3. The Balaban J connectivity index is 2.25. The summed E-state index contributed by atoms with van der Waals surface area (Å²) in [5.41, 5.74) is 6.15. The van der Waals surface area contributed by atoms with E-state index in [1.807, 2.05) is 0 Å². The topological polar surface area (TPSA) is 53.6 Å². The van der Waals surface area contributed by atoms with Crippen molar-refractivity contribution >= 4 is 5.96 Å². The summed E-state index contributed by atoms with van der Waals surface area (Å²) in [5, 5.41) is 3.41. The highest BCUT2D eigenvalue weighted by Crippen LogP contribution is 2.15. The third-order valence-corrected chi connectivity index (χ3v) is 3.15. The first-order chi connectivity index (χ1) is 7.88. The van der Waals surface area contributed by atoms with Gasteiger partial charge in [0.1, 0.15) is 0 Å².